The van der Waals surface area contributed by atoms with Gasteiger partial charge in [-0.1, -0.05) is 0 Å². The number of imidazole rings is 1. The number of ether oxygens (including phenoxy) is 3. The van der Waals surface area contributed by atoms with Crippen LogP contribution in [0.25, 0.3) is 11.2 Å². The summed E-state index contributed by atoms with van der Waals surface area (Å²) >= 11 is 0. The summed E-state index contributed by atoms with van der Waals surface area (Å²) in [5.41, 5.74) is -0.128. The summed E-state index contributed by atoms with van der Waals surface area (Å²) in [6, 6.07) is 0. The second-order valence-corrected chi connectivity index (χ2v) is 5.60. The molecule has 2 aromatic rings. The molecule has 4 atom stereocenters. The lowest BCUT2D eigenvalue weighted by atomic mass is 10.1. The zero-order valence-corrected chi connectivity index (χ0v) is 13.6. The smallest absolute Gasteiger partial charge is 0.283 e. The quantitative estimate of drug-likeness (QED) is 0.472. The summed E-state index contributed by atoms with van der Waals surface area (Å²) in [6.07, 6.45) is -1.85. The van der Waals surface area contributed by atoms with Crippen LogP contribution in [-0.4, -0.2) is 79.7 Å². The summed E-state index contributed by atoms with van der Waals surface area (Å²) in [7, 11) is 1.55. The monoisotopic (exact) mass is 356 g/mol. The Balaban J connectivity index is 1.85. The van der Waals surface area contributed by atoms with Crippen LogP contribution in [0, 0.1) is 0 Å². The van der Waals surface area contributed by atoms with Crippen LogP contribution in [0.5, 0.6) is 0 Å². The van der Waals surface area contributed by atoms with Gasteiger partial charge in [-0.2, -0.15) is 0 Å². The summed E-state index contributed by atoms with van der Waals surface area (Å²) in [5, 5.41) is 29.1. The van der Waals surface area contributed by atoms with Gasteiger partial charge in [-0.05, 0) is 0 Å². The summed E-state index contributed by atoms with van der Waals surface area (Å²) < 4.78 is 18.2. The Labute approximate surface area is 142 Å². The molecular weight excluding hydrogens is 336 g/mol. The largest absolute Gasteiger partial charge is 0.394 e. The first-order valence-corrected chi connectivity index (χ1v) is 7.69. The van der Waals surface area contributed by atoms with Crippen molar-refractivity contribution in [3.8, 4) is 0 Å². The Hall–Kier alpha value is -1.89. The standard InChI is InChI=1S/C14H20N4O7/c1-23-2-3-24-7-17-5-16-12-9(13(17)22)15-6-18(12)14-11(21)10(20)8(4-19)25-14/h5-6,8,10-11,14,19-21H,2-4,7H2,1H3/t8-,10-,11-,14-/m1/s1. The van der Waals surface area contributed by atoms with Crippen LogP contribution < -0.4 is 5.56 Å². The highest BCUT2D eigenvalue weighted by Crippen LogP contribution is 2.30. The van der Waals surface area contributed by atoms with E-state index in [4.69, 9.17) is 14.2 Å². The Morgan fingerprint density at radius 3 is 2.72 bits per heavy atom. The highest BCUT2D eigenvalue weighted by atomic mass is 16.6. The van der Waals surface area contributed by atoms with E-state index in [0.29, 0.717) is 13.2 Å². The predicted molar refractivity (Wildman–Crippen MR) is 82.6 cm³/mol. The maximum atomic E-state index is 12.4. The van der Waals surface area contributed by atoms with Gasteiger partial charge in [0.05, 0.1) is 26.1 Å². The van der Waals surface area contributed by atoms with E-state index in [-0.39, 0.29) is 17.9 Å². The van der Waals surface area contributed by atoms with Gasteiger partial charge in [0.25, 0.3) is 5.56 Å². The van der Waals surface area contributed by atoms with Crippen molar-refractivity contribution in [2.75, 3.05) is 26.9 Å². The van der Waals surface area contributed by atoms with Crippen molar-refractivity contribution in [2.24, 2.45) is 0 Å². The number of methoxy groups -OCH3 is 1. The first-order chi connectivity index (χ1) is 12.1. The molecule has 1 fully saturated rings. The van der Waals surface area contributed by atoms with E-state index in [1.165, 1.54) is 21.8 Å². The molecule has 0 radical (unpaired) electrons. The van der Waals surface area contributed by atoms with E-state index in [2.05, 4.69) is 9.97 Å². The van der Waals surface area contributed by atoms with Gasteiger partial charge in [-0.15, -0.1) is 0 Å². The molecule has 1 aliphatic rings. The normalized spacial score (nSPS) is 26.6. The lowest BCUT2D eigenvalue weighted by Crippen LogP contribution is -2.33. The second-order valence-electron chi connectivity index (χ2n) is 5.60. The van der Waals surface area contributed by atoms with E-state index < -0.39 is 36.7 Å². The molecule has 25 heavy (non-hydrogen) atoms. The third kappa shape index (κ3) is 3.29. The fraction of sp³-hybridized carbons (Fsp3) is 0.643. The van der Waals surface area contributed by atoms with Crippen molar-refractivity contribution < 1.29 is 29.5 Å². The highest BCUT2D eigenvalue weighted by Gasteiger charge is 2.44. The average molecular weight is 356 g/mol. The van der Waals surface area contributed by atoms with E-state index in [9.17, 15) is 20.1 Å². The summed E-state index contributed by atoms with van der Waals surface area (Å²) in [4.78, 5) is 20.6. The third-order valence-corrected chi connectivity index (χ3v) is 4.00. The Bertz CT molecular complexity index is 776. The number of aliphatic hydroxyl groups excluding tert-OH is 3. The Kier molecular flexibility index (Phi) is 5.42. The number of hydrogen-bond acceptors (Lipinski definition) is 9. The van der Waals surface area contributed by atoms with Crippen LogP contribution in [0.2, 0.25) is 0 Å². The summed E-state index contributed by atoms with van der Waals surface area (Å²) in [6.45, 7) is 0.300. The van der Waals surface area contributed by atoms with Crippen molar-refractivity contribution in [1.29, 1.82) is 0 Å². The third-order valence-electron chi connectivity index (χ3n) is 4.00. The highest BCUT2D eigenvalue weighted by molar-refractivity contribution is 5.69. The van der Waals surface area contributed by atoms with E-state index in [1.54, 1.807) is 7.11 Å². The number of aliphatic hydroxyl groups is 3. The Morgan fingerprint density at radius 2 is 2.04 bits per heavy atom. The minimum Gasteiger partial charge on any atom is -0.394 e. The number of fused-ring (bicyclic) bond motifs is 1. The first-order valence-electron chi connectivity index (χ1n) is 7.69. The molecule has 1 saturated heterocycles. The first kappa shape index (κ1) is 17.9. The zero-order valence-electron chi connectivity index (χ0n) is 13.6. The SMILES string of the molecule is COCCOCn1cnc2c(ncn2[C@@H]2O[C@H](CO)[C@@H](O)[C@H]2O)c1=O. The van der Waals surface area contributed by atoms with Gasteiger partial charge in [-0.3, -0.25) is 13.9 Å². The molecule has 138 valence electrons. The molecule has 0 aliphatic carbocycles. The lowest BCUT2D eigenvalue weighted by molar-refractivity contribution is -0.0511. The van der Waals surface area contributed by atoms with Crippen LogP contribution in [-0.2, 0) is 20.9 Å². The van der Waals surface area contributed by atoms with E-state index >= 15 is 0 Å². The number of rotatable bonds is 7. The maximum Gasteiger partial charge on any atom is 0.283 e. The molecule has 2 aromatic heterocycles. The fourth-order valence-corrected chi connectivity index (χ4v) is 2.64. The predicted octanol–water partition coefficient (Wildman–Crippen LogP) is -2.17. The molecule has 0 spiro atoms. The summed E-state index contributed by atoms with van der Waals surface area (Å²) in [5.74, 6) is 0. The van der Waals surface area contributed by atoms with Crippen molar-refractivity contribution in [3.63, 3.8) is 0 Å². The second kappa shape index (κ2) is 7.56. The Morgan fingerprint density at radius 1 is 1.24 bits per heavy atom. The van der Waals surface area contributed by atoms with Crippen LogP contribution in [0.1, 0.15) is 6.23 Å². The van der Waals surface area contributed by atoms with E-state index in [0.717, 1.165) is 0 Å². The van der Waals surface area contributed by atoms with Crippen LogP contribution >= 0.6 is 0 Å². The molecule has 11 nitrogen and oxygen atoms in total. The number of aromatic nitrogens is 4. The van der Waals surface area contributed by atoms with Gasteiger partial charge in [0.2, 0.25) is 0 Å². The number of nitrogens with zero attached hydrogens (tertiary/aromatic N) is 4. The minimum atomic E-state index is -1.28. The molecule has 0 unspecified atom stereocenters. The molecule has 3 rings (SSSR count). The molecule has 1 aliphatic heterocycles. The van der Waals surface area contributed by atoms with E-state index in [1.807, 2.05) is 0 Å². The average Bonchev–Trinajstić information content (AvgIpc) is 3.16. The van der Waals surface area contributed by atoms with Gasteiger partial charge < -0.3 is 29.5 Å². The van der Waals surface area contributed by atoms with Crippen LogP contribution in [0.15, 0.2) is 17.4 Å². The van der Waals surface area contributed by atoms with Gasteiger partial charge in [0, 0.05) is 7.11 Å². The topological polar surface area (TPSA) is 141 Å². The molecule has 3 heterocycles. The lowest BCUT2D eigenvalue weighted by Gasteiger charge is -2.16. The van der Waals surface area contributed by atoms with Crippen LogP contribution in [0.3, 0.4) is 0 Å². The molecule has 3 N–H and O–H groups in total. The van der Waals surface area contributed by atoms with Crippen molar-refractivity contribution in [1.82, 2.24) is 19.1 Å². The van der Waals surface area contributed by atoms with Crippen molar-refractivity contribution >= 4 is 11.2 Å². The molecule has 0 saturated carbocycles. The van der Waals surface area contributed by atoms with Gasteiger partial charge in [0.15, 0.2) is 17.4 Å². The van der Waals surface area contributed by atoms with Gasteiger partial charge in [0.1, 0.15) is 31.4 Å². The molecule has 11 heteroatoms. The van der Waals surface area contributed by atoms with Crippen molar-refractivity contribution in [3.05, 3.63) is 23.0 Å². The minimum absolute atomic E-state index is 0.00580. The number of hydrogen-bond donors (Lipinski definition) is 3. The zero-order chi connectivity index (χ0) is 18.0. The fourth-order valence-electron chi connectivity index (χ4n) is 2.64. The maximum absolute atomic E-state index is 12.4. The molecule has 0 amide bonds. The van der Waals surface area contributed by atoms with Gasteiger partial charge >= 0.3 is 0 Å². The molecular formula is C14H20N4O7. The molecule has 0 bridgehead atoms. The van der Waals surface area contributed by atoms with Crippen molar-refractivity contribution in [2.45, 2.75) is 31.3 Å². The van der Waals surface area contributed by atoms with Crippen LogP contribution in [0.4, 0.5) is 0 Å². The van der Waals surface area contributed by atoms with Gasteiger partial charge in [-0.25, -0.2) is 9.97 Å². The molecule has 0 aromatic carbocycles.